The largest absolute Gasteiger partial charge is 0.459 e. The fourth-order valence-electron chi connectivity index (χ4n) is 3.26. The molecule has 9 heteroatoms. The highest BCUT2D eigenvalue weighted by Crippen LogP contribution is 2.16. The molecule has 0 bridgehead atoms. The second-order valence-corrected chi connectivity index (χ2v) is 6.42. The van der Waals surface area contributed by atoms with Gasteiger partial charge in [-0.3, -0.25) is 9.59 Å². The van der Waals surface area contributed by atoms with E-state index in [0.29, 0.717) is 50.8 Å². The highest BCUT2D eigenvalue weighted by Gasteiger charge is 2.27. The summed E-state index contributed by atoms with van der Waals surface area (Å²) in [5.74, 6) is 0.768. The Hall–Kier alpha value is -2.94. The van der Waals surface area contributed by atoms with Gasteiger partial charge in [0.2, 0.25) is 0 Å². The van der Waals surface area contributed by atoms with Crippen molar-refractivity contribution in [2.45, 2.75) is 0 Å². The van der Waals surface area contributed by atoms with Crippen LogP contribution in [-0.2, 0) is 4.74 Å². The van der Waals surface area contributed by atoms with Crippen molar-refractivity contribution in [2.24, 2.45) is 0 Å². The molecular weight excluding hydrogens is 350 g/mol. The number of aromatic nitrogens is 2. The predicted octanol–water partition coefficient (Wildman–Crippen LogP) is 0.504. The summed E-state index contributed by atoms with van der Waals surface area (Å²) in [7, 11) is 0. The first-order chi connectivity index (χ1) is 13.2. The van der Waals surface area contributed by atoms with Crippen LogP contribution in [0.15, 0.2) is 35.2 Å². The van der Waals surface area contributed by atoms with E-state index >= 15 is 0 Å². The van der Waals surface area contributed by atoms with Crippen molar-refractivity contribution in [3.8, 4) is 0 Å². The molecule has 27 heavy (non-hydrogen) atoms. The number of ether oxygens (including phenoxy) is 1. The minimum absolute atomic E-state index is 0.142. The van der Waals surface area contributed by atoms with Crippen molar-refractivity contribution in [3.05, 3.63) is 42.2 Å². The zero-order chi connectivity index (χ0) is 18.6. The number of piperazine rings is 1. The molecule has 0 unspecified atom stereocenters. The number of hydrogen-bond acceptors (Lipinski definition) is 7. The molecule has 4 heterocycles. The van der Waals surface area contributed by atoms with Gasteiger partial charge in [-0.25, -0.2) is 9.97 Å². The van der Waals surface area contributed by atoms with Crippen LogP contribution in [0.4, 0.5) is 5.82 Å². The fraction of sp³-hybridized carbons (Fsp3) is 0.444. The summed E-state index contributed by atoms with van der Waals surface area (Å²) in [6.45, 7) is 4.65. The van der Waals surface area contributed by atoms with Gasteiger partial charge >= 0.3 is 0 Å². The minimum atomic E-state index is -0.149. The summed E-state index contributed by atoms with van der Waals surface area (Å²) in [5, 5.41) is 0. The number of rotatable bonds is 3. The third-order valence-electron chi connectivity index (χ3n) is 4.79. The molecule has 0 saturated carbocycles. The van der Waals surface area contributed by atoms with E-state index in [2.05, 4.69) is 14.9 Å². The first kappa shape index (κ1) is 17.5. The molecule has 0 radical (unpaired) electrons. The topological polar surface area (TPSA) is 92.0 Å². The molecule has 2 amide bonds. The first-order valence-corrected chi connectivity index (χ1v) is 8.99. The van der Waals surface area contributed by atoms with E-state index in [1.165, 1.54) is 12.6 Å². The Morgan fingerprint density at radius 1 is 0.926 bits per heavy atom. The van der Waals surface area contributed by atoms with Gasteiger partial charge in [-0.1, -0.05) is 0 Å². The Morgan fingerprint density at radius 2 is 1.63 bits per heavy atom. The Kier molecular flexibility index (Phi) is 5.01. The molecule has 142 valence electrons. The quantitative estimate of drug-likeness (QED) is 0.776. The summed E-state index contributed by atoms with van der Waals surface area (Å²) in [6.07, 6.45) is 2.91. The van der Waals surface area contributed by atoms with Gasteiger partial charge in [0, 0.05) is 45.3 Å². The smallest absolute Gasteiger partial charge is 0.289 e. The molecule has 0 N–H and O–H groups in total. The molecule has 9 nitrogen and oxygen atoms in total. The van der Waals surface area contributed by atoms with Crippen LogP contribution in [0.5, 0.6) is 0 Å². The van der Waals surface area contributed by atoms with Gasteiger partial charge in [0.05, 0.1) is 19.5 Å². The number of nitrogens with zero attached hydrogens (tertiary/aromatic N) is 5. The molecule has 2 aromatic heterocycles. The van der Waals surface area contributed by atoms with Gasteiger partial charge in [0.25, 0.3) is 11.8 Å². The highest BCUT2D eigenvalue weighted by atomic mass is 16.5. The Labute approximate surface area is 156 Å². The molecular formula is C18H21N5O4. The first-order valence-electron chi connectivity index (χ1n) is 8.99. The van der Waals surface area contributed by atoms with E-state index in [-0.39, 0.29) is 11.8 Å². The highest BCUT2D eigenvalue weighted by molar-refractivity contribution is 5.94. The summed E-state index contributed by atoms with van der Waals surface area (Å²) < 4.78 is 10.5. The van der Waals surface area contributed by atoms with Crippen LogP contribution in [0.1, 0.15) is 21.0 Å². The molecule has 2 aliphatic rings. The van der Waals surface area contributed by atoms with Gasteiger partial charge in [-0.2, -0.15) is 0 Å². The second-order valence-electron chi connectivity index (χ2n) is 6.42. The normalized spacial score (nSPS) is 17.9. The molecule has 2 fully saturated rings. The number of carbonyl (C=O) groups excluding carboxylic acids is 2. The maximum absolute atomic E-state index is 12.8. The maximum Gasteiger partial charge on any atom is 0.289 e. The van der Waals surface area contributed by atoms with Crippen LogP contribution >= 0.6 is 0 Å². The average molecular weight is 371 g/mol. The monoisotopic (exact) mass is 371 g/mol. The van der Waals surface area contributed by atoms with Gasteiger partial charge < -0.3 is 23.9 Å². The van der Waals surface area contributed by atoms with Gasteiger partial charge in [-0.15, -0.1) is 0 Å². The lowest BCUT2D eigenvalue weighted by Crippen LogP contribution is -2.50. The zero-order valence-electron chi connectivity index (χ0n) is 14.9. The second kappa shape index (κ2) is 7.75. The number of carbonyl (C=O) groups is 2. The van der Waals surface area contributed by atoms with Crippen molar-refractivity contribution in [1.29, 1.82) is 0 Å². The molecule has 4 rings (SSSR count). The van der Waals surface area contributed by atoms with Gasteiger partial charge in [-0.05, 0) is 12.1 Å². The standard InChI is InChI=1S/C18H21N5O4/c24-17(14-12-16(20-13-19-14)21-7-10-26-11-8-21)22-3-5-23(6-4-22)18(25)15-2-1-9-27-15/h1-2,9,12-13H,3-8,10-11H2. The van der Waals surface area contributed by atoms with Crippen molar-refractivity contribution in [1.82, 2.24) is 19.8 Å². The van der Waals surface area contributed by atoms with Crippen molar-refractivity contribution >= 4 is 17.6 Å². The molecule has 0 spiro atoms. The molecule has 2 aliphatic heterocycles. The van der Waals surface area contributed by atoms with E-state index in [4.69, 9.17) is 9.15 Å². The van der Waals surface area contributed by atoms with Crippen LogP contribution in [0.2, 0.25) is 0 Å². The van der Waals surface area contributed by atoms with E-state index in [1.54, 1.807) is 28.0 Å². The summed E-state index contributed by atoms with van der Waals surface area (Å²) in [4.78, 5) is 39.1. The Balaban J connectivity index is 1.38. The van der Waals surface area contributed by atoms with Crippen molar-refractivity contribution in [2.75, 3.05) is 57.4 Å². The maximum atomic E-state index is 12.8. The summed E-state index contributed by atoms with van der Waals surface area (Å²) in [6, 6.07) is 5.07. The SMILES string of the molecule is O=C(c1cc(N2CCOCC2)ncn1)N1CCN(C(=O)c2ccco2)CC1. The van der Waals surface area contributed by atoms with Crippen LogP contribution in [0, 0.1) is 0 Å². The molecule has 0 aromatic carbocycles. The zero-order valence-corrected chi connectivity index (χ0v) is 14.9. The number of morpholine rings is 1. The lowest BCUT2D eigenvalue weighted by Gasteiger charge is -2.34. The Bertz CT molecular complexity index is 796. The van der Waals surface area contributed by atoms with E-state index in [9.17, 15) is 9.59 Å². The lowest BCUT2D eigenvalue weighted by molar-refractivity contribution is 0.0515. The number of anilines is 1. The minimum Gasteiger partial charge on any atom is -0.459 e. The van der Waals surface area contributed by atoms with Crippen molar-refractivity contribution in [3.63, 3.8) is 0 Å². The average Bonchev–Trinajstić information content (AvgIpc) is 3.28. The van der Waals surface area contributed by atoms with Crippen LogP contribution in [0.25, 0.3) is 0 Å². The van der Waals surface area contributed by atoms with Crippen LogP contribution < -0.4 is 4.90 Å². The lowest BCUT2D eigenvalue weighted by atomic mass is 10.2. The third kappa shape index (κ3) is 3.77. The van der Waals surface area contributed by atoms with E-state index in [1.807, 2.05) is 0 Å². The summed E-state index contributed by atoms with van der Waals surface area (Å²) >= 11 is 0. The number of hydrogen-bond donors (Lipinski definition) is 0. The van der Waals surface area contributed by atoms with Crippen molar-refractivity contribution < 1.29 is 18.7 Å². The molecule has 2 aromatic rings. The molecule has 0 atom stereocenters. The van der Waals surface area contributed by atoms with Crippen LogP contribution in [-0.4, -0.2) is 84.1 Å². The fourth-order valence-corrected chi connectivity index (χ4v) is 3.26. The number of amides is 2. The molecule has 2 saturated heterocycles. The third-order valence-corrected chi connectivity index (χ3v) is 4.79. The van der Waals surface area contributed by atoms with Gasteiger partial charge in [0.15, 0.2) is 5.76 Å². The van der Waals surface area contributed by atoms with E-state index in [0.717, 1.165) is 18.9 Å². The van der Waals surface area contributed by atoms with Gasteiger partial charge in [0.1, 0.15) is 17.8 Å². The summed E-state index contributed by atoms with van der Waals surface area (Å²) in [5.41, 5.74) is 0.373. The predicted molar refractivity (Wildman–Crippen MR) is 95.6 cm³/mol. The van der Waals surface area contributed by atoms with Crippen LogP contribution in [0.3, 0.4) is 0 Å². The Morgan fingerprint density at radius 3 is 2.30 bits per heavy atom. The molecule has 0 aliphatic carbocycles. The number of furan rings is 1. The van der Waals surface area contributed by atoms with E-state index < -0.39 is 0 Å².